The Kier molecular flexibility index (Phi) is 3.58. The second-order valence-corrected chi connectivity index (χ2v) is 6.53. The minimum Gasteiger partial charge on any atom is -0.337 e. The molecule has 2 aromatic heterocycles. The van der Waals surface area contributed by atoms with E-state index in [-0.39, 0.29) is 25.5 Å². The predicted molar refractivity (Wildman–Crippen MR) is 87.7 cm³/mol. The van der Waals surface area contributed by atoms with Crippen molar-refractivity contribution in [3.63, 3.8) is 0 Å². The van der Waals surface area contributed by atoms with Gasteiger partial charge in [-0.05, 0) is 11.5 Å². The van der Waals surface area contributed by atoms with Crippen LogP contribution in [0.2, 0.25) is 0 Å². The predicted octanol–water partition coefficient (Wildman–Crippen LogP) is 4.74. The maximum absolute atomic E-state index is 4.70. The van der Waals surface area contributed by atoms with Crippen molar-refractivity contribution in [2.45, 2.75) is 26.2 Å². The van der Waals surface area contributed by atoms with Gasteiger partial charge in [-0.25, -0.2) is 0 Å². The molecule has 0 spiro atoms. The molecule has 0 saturated heterocycles. The molecule has 2 nitrogen and oxygen atoms in total. The molecule has 1 radical (unpaired) electrons. The first-order valence-corrected chi connectivity index (χ1v) is 7.26. The van der Waals surface area contributed by atoms with E-state index in [0.29, 0.717) is 0 Å². The quantitative estimate of drug-likeness (QED) is 0.271. The van der Waals surface area contributed by atoms with Crippen molar-refractivity contribution >= 4 is 27.3 Å². The first-order chi connectivity index (χ1) is 10.1. The van der Waals surface area contributed by atoms with Crippen molar-refractivity contribution in [2.24, 2.45) is 0 Å². The topological polar surface area (TPSA) is 17.3 Å². The fourth-order valence-corrected chi connectivity index (χ4v) is 3.04. The zero-order chi connectivity index (χ0) is 14.6. The fraction of sp³-hybridized carbons (Fsp3) is 0.211. The fourth-order valence-electron chi connectivity index (χ4n) is 3.04. The number of imidazole rings is 1. The number of hydrogen-bond acceptors (Lipinski definition) is 1. The van der Waals surface area contributed by atoms with Gasteiger partial charge in [-0.1, -0.05) is 44.4 Å². The number of pyridine rings is 1. The van der Waals surface area contributed by atoms with E-state index in [9.17, 15) is 0 Å². The zero-order valence-corrected chi connectivity index (χ0v) is 15.2. The van der Waals surface area contributed by atoms with Crippen molar-refractivity contribution in [1.82, 2.24) is 9.38 Å². The van der Waals surface area contributed by atoms with Crippen LogP contribution in [0.25, 0.3) is 27.3 Å². The van der Waals surface area contributed by atoms with Crippen LogP contribution in [0, 0.1) is 6.07 Å². The molecule has 4 rings (SSSR count). The normalized spacial score (nSPS) is 12.0. The third kappa shape index (κ3) is 2.08. The van der Waals surface area contributed by atoms with Crippen molar-refractivity contribution in [3.05, 3.63) is 60.4 Å². The molecule has 0 aliphatic carbocycles. The van der Waals surface area contributed by atoms with Gasteiger partial charge in [0.1, 0.15) is 0 Å². The van der Waals surface area contributed by atoms with Gasteiger partial charge in [-0.15, -0.1) is 29.7 Å². The van der Waals surface area contributed by atoms with E-state index >= 15 is 0 Å². The molecule has 0 N–H and O–H groups in total. The molecule has 113 valence electrons. The van der Waals surface area contributed by atoms with E-state index in [1.165, 1.54) is 22.0 Å². The van der Waals surface area contributed by atoms with E-state index in [1.54, 1.807) is 0 Å². The zero-order valence-electron chi connectivity index (χ0n) is 12.8. The van der Waals surface area contributed by atoms with Crippen LogP contribution in [0.4, 0.5) is 0 Å². The Morgan fingerprint density at radius 3 is 2.50 bits per heavy atom. The van der Waals surface area contributed by atoms with E-state index in [4.69, 9.17) is 4.98 Å². The number of nitrogens with zero attached hydrogens (tertiary/aromatic N) is 2. The molecule has 0 saturated carbocycles. The summed E-state index contributed by atoms with van der Waals surface area (Å²) in [6.07, 6.45) is 2.00. The van der Waals surface area contributed by atoms with Crippen LogP contribution >= 0.6 is 0 Å². The van der Waals surface area contributed by atoms with E-state index in [1.807, 2.05) is 18.3 Å². The van der Waals surface area contributed by atoms with Gasteiger partial charge in [0.2, 0.25) is 0 Å². The van der Waals surface area contributed by atoms with Gasteiger partial charge in [0.15, 0.2) is 0 Å². The largest absolute Gasteiger partial charge is 0.337 e. The number of benzene rings is 2. The number of aromatic nitrogens is 2. The monoisotopic (exact) mass is 466 g/mol. The molecule has 0 unspecified atom stereocenters. The molecule has 0 amide bonds. The maximum Gasteiger partial charge on any atom is 0.0611 e. The van der Waals surface area contributed by atoms with Crippen LogP contribution in [0.3, 0.4) is 0 Å². The summed E-state index contributed by atoms with van der Waals surface area (Å²) >= 11 is 0. The van der Waals surface area contributed by atoms with E-state index in [0.717, 1.165) is 11.0 Å². The summed E-state index contributed by atoms with van der Waals surface area (Å²) in [5.41, 5.74) is 3.48. The molecule has 2 heterocycles. The van der Waals surface area contributed by atoms with Crippen LogP contribution in [0.5, 0.6) is 0 Å². The Bertz CT molecular complexity index is 977. The summed E-state index contributed by atoms with van der Waals surface area (Å²) < 4.78 is 2.29. The molecule has 0 bridgehead atoms. The molecule has 0 aliphatic heterocycles. The number of para-hydroxylation sites is 1. The van der Waals surface area contributed by atoms with Crippen LogP contribution < -0.4 is 0 Å². The Morgan fingerprint density at radius 1 is 1.00 bits per heavy atom. The number of fused-ring (bicyclic) bond motifs is 6. The molecule has 4 aromatic rings. The first-order valence-electron chi connectivity index (χ1n) is 7.26. The second kappa shape index (κ2) is 5.19. The molecular weight excluding hydrogens is 448 g/mol. The summed E-state index contributed by atoms with van der Waals surface area (Å²) in [5, 5.41) is 3.55. The first kappa shape index (κ1) is 15.2. The van der Waals surface area contributed by atoms with Gasteiger partial charge in [0, 0.05) is 42.9 Å². The molecule has 3 heteroatoms. The third-order valence-electron chi connectivity index (χ3n) is 4.05. The number of rotatable bonds is 0. The molecule has 22 heavy (non-hydrogen) atoms. The minimum absolute atomic E-state index is 0. The van der Waals surface area contributed by atoms with Gasteiger partial charge in [0.05, 0.1) is 5.65 Å². The average molecular weight is 466 g/mol. The summed E-state index contributed by atoms with van der Waals surface area (Å²) in [4.78, 5) is 4.70. The van der Waals surface area contributed by atoms with Crippen LogP contribution in [-0.4, -0.2) is 9.38 Å². The van der Waals surface area contributed by atoms with Gasteiger partial charge >= 0.3 is 0 Å². The van der Waals surface area contributed by atoms with Gasteiger partial charge in [0.25, 0.3) is 0 Å². The van der Waals surface area contributed by atoms with Crippen LogP contribution in [0.15, 0.2) is 48.7 Å². The standard InChI is InChI=1S/C19H17N2.Ir/c1-19(2,3)17-12-20-18-15-10-5-4-8-13(15)14-9-6-7-11-16(14)21(17)18;/h4-9,11-12H,1-3H3;/q-1;. The van der Waals surface area contributed by atoms with Gasteiger partial charge in [-0.2, -0.15) is 0 Å². The Hall–Kier alpha value is -1.70. The molecule has 0 aliphatic rings. The van der Waals surface area contributed by atoms with Crippen molar-refractivity contribution in [2.75, 3.05) is 0 Å². The molecule has 2 aromatic carbocycles. The Balaban J connectivity index is 0.00000144. The Labute approximate surface area is 143 Å². The average Bonchev–Trinajstić information content (AvgIpc) is 2.93. The number of hydrogen-bond donors (Lipinski definition) is 0. The SMILES string of the molecule is CC(C)(C)c1cnc2c3[c-]cccc3c3ccccc3n12.[Ir]. The summed E-state index contributed by atoms with van der Waals surface area (Å²) in [6, 6.07) is 18.1. The summed E-state index contributed by atoms with van der Waals surface area (Å²) in [7, 11) is 0. The van der Waals surface area contributed by atoms with Crippen LogP contribution in [-0.2, 0) is 25.5 Å². The van der Waals surface area contributed by atoms with E-state index in [2.05, 4.69) is 61.6 Å². The van der Waals surface area contributed by atoms with Crippen LogP contribution in [0.1, 0.15) is 26.5 Å². The van der Waals surface area contributed by atoms with E-state index < -0.39 is 0 Å². The minimum atomic E-state index is 0. The molecule has 0 fully saturated rings. The van der Waals surface area contributed by atoms with Gasteiger partial charge < -0.3 is 4.40 Å². The molecular formula is C19H17IrN2-. The molecule has 0 atom stereocenters. The second-order valence-electron chi connectivity index (χ2n) is 6.53. The Morgan fingerprint density at radius 2 is 1.73 bits per heavy atom. The summed E-state index contributed by atoms with van der Waals surface area (Å²) in [6.45, 7) is 6.68. The van der Waals surface area contributed by atoms with Crippen molar-refractivity contribution in [1.29, 1.82) is 0 Å². The van der Waals surface area contributed by atoms with Crippen molar-refractivity contribution < 1.29 is 20.1 Å². The smallest absolute Gasteiger partial charge is 0.0611 e. The van der Waals surface area contributed by atoms with Gasteiger partial charge in [-0.3, -0.25) is 4.98 Å². The third-order valence-corrected chi connectivity index (χ3v) is 4.05. The maximum atomic E-state index is 4.70. The van der Waals surface area contributed by atoms with Crippen molar-refractivity contribution in [3.8, 4) is 0 Å². The summed E-state index contributed by atoms with van der Waals surface area (Å²) in [5.74, 6) is 0.